The van der Waals surface area contributed by atoms with Crippen LogP contribution in [0.3, 0.4) is 0 Å². The lowest BCUT2D eigenvalue weighted by atomic mass is 10.2. The van der Waals surface area contributed by atoms with Gasteiger partial charge in [-0.05, 0) is 137 Å². The van der Waals surface area contributed by atoms with Crippen molar-refractivity contribution in [2.75, 3.05) is 124 Å². The predicted octanol–water partition coefficient (Wildman–Crippen LogP) is 9.81. The zero-order valence-electron chi connectivity index (χ0n) is 25.5. The lowest BCUT2D eigenvalue weighted by molar-refractivity contribution is 0.711. The Bertz CT molecular complexity index is 460. The van der Waals surface area contributed by atoms with Crippen LogP contribution in [0.2, 0.25) is 0 Å². The molecular formula is C24H66S8. The highest BCUT2D eigenvalue weighted by Crippen LogP contribution is 3.06. The average Bonchev–Trinajstić information content (AvgIpc) is 2.41. The highest BCUT2D eigenvalue weighted by molar-refractivity contribution is 9.63. The minimum atomic E-state index is -0.563. The van der Waals surface area contributed by atoms with Crippen molar-refractivity contribution in [3.63, 3.8) is 0 Å². The molecule has 0 atom stereocenters. The molecule has 210 valence electrons. The smallest absolute Gasteiger partial charge is 0.000546 e. The molecule has 32 heavy (non-hydrogen) atoms. The Morgan fingerprint density at radius 2 is 0.406 bits per heavy atom. The fourth-order valence-corrected chi connectivity index (χ4v) is 117. The van der Waals surface area contributed by atoms with Crippen LogP contribution in [0.5, 0.6) is 0 Å². The normalized spacial score (nSPS) is 19.9. The number of hydrogen-bond acceptors (Lipinski definition) is 0. The summed E-state index contributed by atoms with van der Waals surface area (Å²) < 4.78 is 0. The number of hydrogen-bond donors (Lipinski definition) is 0. The second-order valence-corrected chi connectivity index (χ2v) is 69.1. The third-order valence-corrected chi connectivity index (χ3v) is 91.3. The highest BCUT2D eigenvalue weighted by Gasteiger charge is 2.47. The first-order chi connectivity index (χ1) is 13.7. The molecule has 0 bridgehead atoms. The van der Waals surface area contributed by atoms with Crippen LogP contribution in [0.4, 0.5) is 0 Å². The summed E-state index contributed by atoms with van der Waals surface area (Å²) in [6, 6.07) is 0. The van der Waals surface area contributed by atoms with Gasteiger partial charge in [0.05, 0.1) is 0 Å². The predicted molar refractivity (Wildman–Crippen MR) is 196 cm³/mol. The lowest BCUT2D eigenvalue weighted by Crippen LogP contribution is -2.22. The van der Waals surface area contributed by atoms with Crippen LogP contribution in [-0.4, -0.2) is 124 Å². The summed E-state index contributed by atoms with van der Waals surface area (Å²) in [6.07, 6.45) is 53.6. The molecule has 0 aromatic rings. The summed E-state index contributed by atoms with van der Waals surface area (Å²) in [5.41, 5.74) is 0. The second-order valence-electron chi connectivity index (χ2n) is 13.3. The standard InChI is InChI=1S/C24H66S8/c1-25(2,3)31(26(4,5)6,27(7,8)9)23-21-19-20-22-24-32(28(10,11)12,29(13,14)15)30(16,17)18/h19-24H2,1-18H3. The van der Waals surface area contributed by atoms with Crippen LogP contribution in [-0.2, 0) is 0 Å². The average molecular weight is 611 g/mol. The summed E-state index contributed by atoms with van der Waals surface area (Å²) in [6.45, 7) is 0. The largest absolute Gasteiger partial charge is 0.204 e. The van der Waals surface area contributed by atoms with Gasteiger partial charge in [0.2, 0.25) is 0 Å². The van der Waals surface area contributed by atoms with Gasteiger partial charge in [-0.2, -0.15) is 0 Å². The maximum Gasteiger partial charge on any atom is -0.000546 e. The summed E-state index contributed by atoms with van der Waals surface area (Å²) in [5, 5.41) is 0. The molecule has 0 amide bonds. The molecule has 0 aliphatic heterocycles. The zero-order chi connectivity index (χ0) is 26.2. The third-order valence-electron chi connectivity index (χ3n) is 6.11. The van der Waals surface area contributed by atoms with Gasteiger partial charge in [-0.1, -0.05) is 12.8 Å². The fraction of sp³-hybridized carbons (Fsp3) is 1.00. The lowest BCUT2D eigenvalue weighted by Gasteiger charge is -2.72. The van der Waals surface area contributed by atoms with Gasteiger partial charge >= 0.3 is 0 Å². The first-order valence-corrected chi connectivity index (χ1v) is 35.3. The number of rotatable bonds is 13. The van der Waals surface area contributed by atoms with Gasteiger partial charge in [-0.25, -0.2) is 54.4 Å². The highest BCUT2D eigenvalue weighted by atomic mass is 33.9. The molecule has 0 unspecified atom stereocenters. The maximum absolute atomic E-state index is 2.65. The molecule has 0 aliphatic carbocycles. The Balaban J connectivity index is 5.51. The van der Waals surface area contributed by atoms with Crippen LogP contribution in [0, 0.1) is 0 Å². The van der Waals surface area contributed by atoms with Crippen LogP contribution >= 0.6 is 68.6 Å². The Labute approximate surface area is 216 Å². The topological polar surface area (TPSA) is 0 Å². The minimum absolute atomic E-state index is 0.544. The van der Waals surface area contributed by atoms with E-state index in [1.807, 2.05) is 0 Å². The first-order valence-electron chi connectivity index (χ1n) is 11.4. The SMILES string of the molecule is CS(C)(C)S(CCCCCCS(S(C)(C)C)(S(C)(C)C)S(C)(C)C)(S(C)(C)C)S(C)(C)C. The van der Waals surface area contributed by atoms with E-state index < -0.39 is 68.6 Å². The van der Waals surface area contributed by atoms with Crippen LogP contribution < -0.4 is 0 Å². The number of unbranched alkanes of at least 4 members (excludes halogenated alkanes) is 3. The van der Waals surface area contributed by atoms with E-state index in [2.05, 4.69) is 113 Å². The molecule has 0 aromatic carbocycles. The molecular weight excluding hydrogens is 545 g/mol. The monoisotopic (exact) mass is 610 g/mol. The van der Waals surface area contributed by atoms with Crippen molar-refractivity contribution in [3.05, 3.63) is 0 Å². The van der Waals surface area contributed by atoms with E-state index in [4.69, 9.17) is 0 Å². The quantitative estimate of drug-likeness (QED) is 0.144. The van der Waals surface area contributed by atoms with Crippen molar-refractivity contribution in [2.45, 2.75) is 25.7 Å². The van der Waals surface area contributed by atoms with Crippen LogP contribution in [0.1, 0.15) is 25.7 Å². The molecule has 0 fully saturated rings. The van der Waals surface area contributed by atoms with Gasteiger partial charge in [-0.15, -0.1) is 14.2 Å². The van der Waals surface area contributed by atoms with Crippen LogP contribution in [0.25, 0.3) is 0 Å². The van der Waals surface area contributed by atoms with Gasteiger partial charge < -0.3 is 0 Å². The first kappa shape index (κ1) is 34.8. The van der Waals surface area contributed by atoms with Gasteiger partial charge in [0.1, 0.15) is 0 Å². The Kier molecular flexibility index (Phi) is 12.3. The van der Waals surface area contributed by atoms with Crippen molar-refractivity contribution in [1.29, 1.82) is 0 Å². The van der Waals surface area contributed by atoms with Crippen molar-refractivity contribution >= 4 is 68.6 Å². The molecule has 0 N–H and O–H groups in total. The summed E-state index contributed by atoms with van der Waals surface area (Å²) in [5.74, 6) is 3.09. The summed E-state index contributed by atoms with van der Waals surface area (Å²) >= 11 is 0. The van der Waals surface area contributed by atoms with Crippen molar-refractivity contribution in [1.82, 2.24) is 0 Å². The van der Waals surface area contributed by atoms with Gasteiger partial charge in [0.15, 0.2) is 0 Å². The van der Waals surface area contributed by atoms with E-state index in [0.29, 0.717) is 0 Å². The minimum Gasteiger partial charge on any atom is -0.204 e. The molecule has 8 heteroatoms. The van der Waals surface area contributed by atoms with Crippen LogP contribution in [0.15, 0.2) is 0 Å². The van der Waals surface area contributed by atoms with Crippen molar-refractivity contribution < 1.29 is 0 Å². The maximum atomic E-state index is 2.65. The molecule has 0 aliphatic rings. The molecule has 0 heterocycles. The molecule has 0 radical (unpaired) electrons. The Morgan fingerprint density at radius 1 is 0.250 bits per heavy atom. The molecule has 0 spiro atoms. The van der Waals surface area contributed by atoms with E-state index >= 15 is 0 Å². The third kappa shape index (κ3) is 7.22. The van der Waals surface area contributed by atoms with Gasteiger partial charge in [0.25, 0.3) is 0 Å². The van der Waals surface area contributed by atoms with E-state index in [1.165, 1.54) is 25.7 Å². The summed E-state index contributed by atoms with van der Waals surface area (Å²) in [4.78, 5) is 0. The fourth-order valence-electron chi connectivity index (χ4n) is 6.09. The molecule has 0 aromatic heterocycles. The molecule has 0 rings (SSSR count). The Morgan fingerprint density at radius 3 is 0.531 bits per heavy atom. The van der Waals surface area contributed by atoms with E-state index in [0.717, 1.165) is 0 Å². The molecule has 0 saturated heterocycles. The molecule has 0 saturated carbocycles. The van der Waals surface area contributed by atoms with Gasteiger partial charge in [0, 0.05) is 0 Å². The summed E-state index contributed by atoms with van der Waals surface area (Å²) in [7, 11) is -4.39. The van der Waals surface area contributed by atoms with E-state index in [1.54, 1.807) is 11.5 Å². The second kappa shape index (κ2) is 11.3. The van der Waals surface area contributed by atoms with Crippen molar-refractivity contribution in [3.8, 4) is 0 Å². The Hall–Kier alpha value is 2.80. The van der Waals surface area contributed by atoms with E-state index in [-0.39, 0.29) is 0 Å². The van der Waals surface area contributed by atoms with Crippen molar-refractivity contribution in [2.24, 2.45) is 0 Å². The van der Waals surface area contributed by atoms with E-state index in [9.17, 15) is 0 Å². The molecule has 0 nitrogen and oxygen atoms in total. The zero-order valence-corrected chi connectivity index (χ0v) is 32.0. The van der Waals surface area contributed by atoms with Gasteiger partial charge in [-0.3, -0.25) is 0 Å².